The van der Waals surface area contributed by atoms with Gasteiger partial charge in [-0.25, -0.2) is 0 Å². The Labute approximate surface area is 56.0 Å². The second kappa shape index (κ2) is 1.61. The molecule has 0 radical (unpaired) electrons. The molecule has 2 heteroatoms. The van der Waals surface area contributed by atoms with Gasteiger partial charge in [0.25, 0.3) is 0 Å². The molecule has 2 aliphatic rings. The third kappa shape index (κ3) is 0.652. The predicted molar refractivity (Wildman–Crippen MR) is 36.1 cm³/mol. The summed E-state index contributed by atoms with van der Waals surface area (Å²) in [6.07, 6.45) is 4.41. The quantitative estimate of drug-likeness (QED) is 0.571. The summed E-state index contributed by atoms with van der Waals surface area (Å²) in [5, 5.41) is 0. The molecule has 1 atom stereocenters. The Kier molecular flexibility index (Phi) is 1.28. The molecule has 1 spiro atoms. The molecule has 0 aromatic carbocycles. The lowest BCUT2D eigenvalue weighted by atomic mass is 10.3. The zero-order valence-electron chi connectivity index (χ0n) is 4.89. The molecule has 0 aliphatic heterocycles. The van der Waals surface area contributed by atoms with E-state index in [1.807, 2.05) is 0 Å². The van der Waals surface area contributed by atoms with Crippen molar-refractivity contribution in [2.24, 2.45) is 17.1 Å². The van der Waals surface area contributed by atoms with Crippen molar-refractivity contribution in [3.05, 3.63) is 0 Å². The van der Waals surface area contributed by atoms with Gasteiger partial charge in [-0.1, -0.05) is 0 Å². The summed E-state index contributed by atoms with van der Waals surface area (Å²) in [4.78, 5) is 0. The number of hydrogen-bond donors (Lipinski definition) is 1. The lowest BCUT2D eigenvalue weighted by Crippen LogP contribution is -2.01. The molecule has 48 valence electrons. The molecule has 2 N–H and O–H groups in total. The average Bonchev–Trinajstić information content (AvgIpc) is 2.52. The summed E-state index contributed by atoms with van der Waals surface area (Å²) < 4.78 is 0. The van der Waals surface area contributed by atoms with Crippen LogP contribution in [0.15, 0.2) is 0 Å². The Morgan fingerprint density at radius 3 is 2.25 bits per heavy atom. The maximum atomic E-state index is 5.45. The minimum atomic E-state index is 0. The molecule has 2 saturated carbocycles. The van der Waals surface area contributed by atoms with Gasteiger partial charge >= 0.3 is 0 Å². The third-order valence-corrected chi connectivity index (χ3v) is 2.54. The van der Waals surface area contributed by atoms with Crippen molar-refractivity contribution in [2.75, 3.05) is 6.54 Å². The fraction of sp³-hybridized carbons (Fsp3) is 1.00. The minimum Gasteiger partial charge on any atom is -0.330 e. The SMILES string of the molecule is Cl.NC[C@H]1CC12CC2. The molecule has 0 saturated heterocycles. The number of rotatable bonds is 1. The zero-order chi connectivity index (χ0) is 4.91. The summed E-state index contributed by atoms with van der Waals surface area (Å²) >= 11 is 0. The second-order valence-electron chi connectivity index (χ2n) is 3.00. The van der Waals surface area contributed by atoms with E-state index >= 15 is 0 Å². The summed E-state index contributed by atoms with van der Waals surface area (Å²) in [6.45, 7) is 0.944. The number of halogens is 1. The van der Waals surface area contributed by atoms with Crippen LogP contribution in [-0.4, -0.2) is 6.54 Å². The molecule has 2 rings (SSSR count). The van der Waals surface area contributed by atoms with E-state index in [-0.39, 0.29) is 12.4 Å². The van der Waals surface area contributed by atoms with Crippen LogP contribution in [0.5, 0.6) is 0 Å². The normalized spacial score (nSPS) is 36.4. The van der Waals surface area contributed by atoms with Crippen molar-refractivity contribution in [1.29, 1.82) is 0 Å². The standard InChI is InChI=1S/C6H11N.ClH/c7-4-5-3-6(5)1-2-6;/h5H,1-4,7H2;1H/t5-;/m1./s1. The summed E-state index contributed by atoms with van der Waals surface area (Å²) in [5.41, 5.74) is 6.29. The molecule has 8 heavy (non-hydrogen) atoms. The van der Waals surface area contributed by atoms with Gasteiger partial charge in [0.2, 0.25) is 0 Å². The van der Waals surface area contributed by atoms with Crippen LogP contribution in [0.25, 0.3) is 0 Å². The van der Waals surface area contributed by atoms with Crippen LogP contribution in [0.1, 0.15) is 19.3 Å². The van der Waals surface area contributed by atoms with Crippen molar-refractivity contribution in [3.63, 3.8) is 0 Å². The minimum absolute atomic E-state index is 0. The van der Waals surface area contributed by atoms with Crippen LogP contribution >= 0.6 is 12.4 Å². The molecule has 2 aliphatic carbocycles. The van der Waals surface area contributed by atoms with Gasteiger partial charge in [-0.3, -0.25) is 0 Å². The van der Waals surface area contributed by atoms with Crippen LogP contribution in [-0.2, 0) is 0 Å². The highest BCUT2D eigenvalue weighted by Gasteiger charge is 2.61. The fourth-order valence-electron chi connectivity index (χ4n) is 1.54. The van der Waals surface area contributed by atoms with E-state index in [4.69, 9.17) is 5.73 Å². The van der Waals surface area contributed by atoms with E-state index in [0.717, 1.165) is 17.9 Å². The topological polar surface area (TPSA) is 26.0 Å². The third-order valence-electron chi connectivity index (χ3n) is 2.54. The van der Waals surface area contributed by atoms with Crippen LogP contribution in [0.2, 0.25) is 0 Å². The largest absolute Gasteiger partial charge is 0.330 e. The maximum Gasteiger partial charge on any atom is -0.00433 e. The van der Waals surface area contributed by atoms with Crippen LogP contribution in [0.4, 0.5) is 0 Å². The van der Waals surface area contributed by atoms with E-state index in [9.17, 15) is 0 Å². The first-order valence-electron chi connectivity index (χ1n) is 3.07. The van der Waals surface area contributed by atoms with Gasteiger partial charge in [-0.05, 0) is 37.1 Å². The highest BCUT2D eigenvalue weighted by atomic mass is 35.5. The molecular weight excluding hydrogens is 122 g/mol. The molecular formula is C6H12ClN. The van der Waals surface area contributed by atoms with Gasteiger partial charge in [0.1, 0.15) is 0 Å². The van der Waals surface area contributed by atoms with Gasteiger partial charge in [-0.2, -0.15) is 0 Å². The van der Waals surface area contributed by atoms with Gasteiger partial charge in [0, 0.05) is 0 Å². The first kappa shape index (κ1) is 6.37. The Bertz CT molecular complexity index is 98.7. The molecule has 0 heterocycles. The Balaban J connectivity index is 0.000000320. The monoisotopic (exact) mass is 133 g/mol. The second-order valence-corrected chi connectivity index (χ2v) is 3.00. The van der Waals surface area contributed by atoms with E-state index in [1.165, 1.54) is 19.3 Å². The highest BCUT2D eigenvalue weighted by Crippen LogP contribution is 2.70. The van der Waals surface area contributed by atoms with Crippen molar-refractivity contribution >= 4 is 12.4 Å². The Morgan fingerprint density at radius 1 is 1.50 bits per heavy atom. The molecule has 0 aromatic rings. The number of nitrogens with two attached hydrogens (primary N) is 1. The fourth-order valence-corrected chi connectivity index (χ4v) is 1.54. The van der Waals surface area contributed by atoms with Crippen LogP contribution in [0.3, 0.4) is 0 Å². The van der Waals surface area contributed by atoms with Crippen LogP contribution in [0, 0.1) is 11.3 Å². The predicted octanol–water partition coefficient (Wildman–Crippen LogP) is 1.17. The van der Waals surface area contributed by atoms with E-state index in [0.29, 0.717) is 0 Å². The molecule has 1 nitrogen and oxygen atoms in total. The molecule has 0 bridgehead atoms. The van der Waals surface area contributed by atoms with Gasteiger partial charge in [0.15, 0.2) is 0 Å². The van der Waals surface area contributed by atoms with Crippen LogP contribution < -0.4 is 5.73 Å². The Morgan fingerprint density at radius 2 is 2.12 bits per heavy atom. The lowest BCUT2D eigenvalue weighted by molar-refractivity contribution is 0.716. The van der Waals surface area contributed by atoms with Crippen molar-refractivity contribution < 1.29 is 0 Å². The molecule has 2 fully saturated rings. The number of hydrogen-bond acceptors (Lipinski definition) is 1. The van der Waals surface area contributed by atoms with E-state index in [2.05, 4.69) is 0 Å². The molecule has 0 amide bonds. The summed E-state index contributed by atoms with van der Waals surface area (Å²) in [6, 6.07) is 0. The van der Waals surface area contributed by atoms with Gasteiger partial charge in [-0.15, -0.1) is 12.4 Å². The van der Waals surface area contributed by atoms with Crippen molar-refractivity contribution in [3.8, 4) is 0 Å². The Hall–Kier alpha value is 0.250. The van der Waals surface area contributed by atoms with Crippen molar-refractivity contribution in [2.45, 2.75) is 19.3 Å². The van der Waals surface area contributed by atoms with Gasteiger partial charge < -0.3 is 5.73 Å². The maximum absolute atomic E-state index is 5.45. The summed E-state index contributed by atoms with van der Waals surface area (Å²) in [5.74, 6) is 0.937. The van der Waals surface area contributed by atoms with E-state index in [1.54, 1.807) is 0 Å². The summed E-state index contributed by atoms with van der Waals surface area (Å²) in [7, 11) is 0. The van der Waals surface area contributed by atoms with Gasteiger partial charge in [0.05, 0.1) is 0 Å². The average molecular weight is 134 g/mol. The first-order valence-corrected chi connectivity index (χ1v) is 3.07. The first-order chi connectivity index (χ1) is 3.37. The van der Waals surface area contributed by atoms with E-state index < -0.39 is 0 Å². The molecule has 0 aromatic heterocycles. The van der Waals surface area contributed by atoms with Crippen molar-refractivity contribution in [1.82, 2.24) is 0 Å². The molecule has 0 unspecified atom stereocenters. The smallest absolute Gasteiger partial charge is 0.00433 e. The highest BCUT2D eigenvalue weighted by molar-refractivity contribution is 5.85. The lowest BCUT2D eigenvalue weighted by Gasteiger charge is -1.82. The zero-order valence-corrected chi connectivity index (χ0v) is 5.71.